The van der Waals surface area contributed by atoms with Gasteiger partial charge in [0.05, 0.1) is 4.90 Å². The molecule has 0 unspecified atom stereocenters. The Bertz CT molecular complexity index is 505. The Hall–Kier alpha value is -0.580. The maximum atomic E-state index is 12.2. The summed E-state index contributed by atoms with van der Waals surface area (Å²) in [7, 11) is -3.41. The second kappa shape index (κ2) is 6.25. The van der Waals surface area contributed by atoms with Crippen molar-refractivity contribution in [1.82, 2.24) is 4.72 Å². The number of sulfonamides is 1. The highest BCUT2D eigenvalue weighted by Gasteiger charge is 2.24. The molecule has 1 aliphatic rings. The lowest BCUT2D eigenvalue weighted by Gasteiger charge is -2.28. The molecule has 19 heavy (non-hydrogen) atoms. The van der Waals surface area contributed by atoms with E-state index in [0.29, 0.717) is 5.02 Å². The van der Waals surface area contributed by atoms with Crippen LogP contribution in [0.3, 0.4) is 0 Å². The van der Waals surface area contributed by atoms with E-state index in [-0.39, 0.29) is 10.9 Å². The predicted molar refractivity (Wildman–Crippen MR) is 77.8 cm³/mol. The Morgan fingerprint density at radius 3 is 2.26 bits per heavy atom. The third-order valence-electron chi connectivity index (χ3n) is 3.87. The summed E-state index contributed by atoms with van der Waals surface area (Å²) < 4.78 is 27.2. The van der Waals surface area contributed by atoms with Crippen molar-refractivity contribution in [3.63, 3.8) is 0 Å². The van der Waals surface area contributed by atoms with Crippen LogP contribution in [0.25, 0.3) is 0 Å². The van der Waals surface area contributed by atoms with Crippen LogP contribution >= 0.6 is 11.6 Å². The van der Waals surface area contributed by atoms with Gasteiger partial charge in [0.2, 0.25) is 10.0 Å². The van der Waals surface area contributed by atoms with Gasteiger partial charge < -0.3 is 0 Å². The molecule has 0 radical (unpaired) electrons. The molecule has 1 N–H and O–H groups in total. The molecule has 0 aliphatic heterocycles. The van der Waals surface area contributed by atoms with Gasteiger partial charge in [0.1, 0.15) is 0 Å². The average molecular weight is 302 g/mol. The van der Waals surface area contributed by atoms with Crippen LogP contribution in [-0.4, -0.2) is 14.5 Å². The molecular formula is C14H20ClNO2S. The molecule has 0 atom stereocenters. The highest BCUT2D eigenvalue weighted by atomic mass is 35.5. The van der Waals surface area contributed by atoms with Crippen LogP contribution in [-0.2, 0) is 10.0 Å². The third-order valence-corrected chi connectivity index (χ3v) is 5.66. The standard InChI is InChI=1S/C14H20ClNO2S/c1-2-11-3-7-13(8-4-11)16-19(17,18)14-9-5-12(15)6-10-14/h5-6,9-11,13,16H,2-4,7-8H2,1H3. The van der Waals surface area contributed by atoms with Crippen molar-refractivity contribution in [3.8, 4) is 0 Å². The minimum absolute atomic E-state index is 0.0727. The van der Waals surface area contributed by atoms with Gasteiger partial charge in [0.25, 0.3) is 0 Å². The van der Waals surface area contributed by atoms with Crippen molar-refractivity contribution in [2.24, 2.45) is 5.92 Å². The summed E-state index contributed by atoms with van der Waals surface area (Å²) in [5.74, 6) is 0.760. The van der Waals surface area contributed by atoms with Gasteiger partial charge >= 0.3 is 0 Å². The molecule has 0 saturated heterocycles. The first kappa shape index (κ1) is 14.8. The van der Waals surface area contributed by atoms with E-state index in [1.54, 1.807) is 24.3 Å². The van der Waals surface area contributed by atoms with Crippen LogP contribution in [0, 0.1) is 5.92 Å². The van der Waals surface area contributed by atoms with E-state index in [2.05, 4.69) is 11.6 Å². The number of rotatable bonds is 4. The van der Waals surface area contributed by atoms with Crippen molar-refractivity contribution in [1.29, 1.82) is 0 Å². The SMILES string of the molecule is CCC1CCC(NS(=O)(=O)c2ccc(Cl)cc2)CC1. The maximum Gasteiger partial charge on any atom is 0.240 e. The number of halogens is 1. The molecule has 1 saturated carbocycles. The first-order valence-corrected chi connectivity index (χ1v) is 8.65. The van der Waals surface area contributed by atoms with Crippen molar-refractivity contribution in [2.45, 2.75) is 50.0 Å². The molecule has 1 aliphatic carbocycles. The molecule has 0 aromatic heterocycles. The van der Waals surface area contributed by atoms with Gasteiger partial charge in [-0.15, -0.1) is 0 Å². The van der Waals surface area contributed by atoms with Gasteiger partial charge in [-0.25, -0.2) is 13.1 Å². The lowest BCUT2D eigenvalue weighted by atomic mass is 9.85. The van der Waals surface area contributed by atoms with Gasteiger partial charge in [-0.2, -0.15) is 0 Å². The normalized spacial score (nSPS) is 24.3. The summed E-state index contributed by atoms with van der Waals surface area (Å²) in [4.78, 5) is 0.287. The number of hydrogen-bond donors (Lipinski definition) is 1. The summed E-state index contributed by atoms with van der Waals surface area (Å²) in [6.45, 7) is 2.20. The highest BCUT2D eigenvalue weighted by Crippen LogP contribution is 2.27. The molecule has 2 rings (SSSR count). The van der Waals surface area contributed by atoms with Crippen molar-refractivity contribution in [2.75, 3.05) is 0 Å². The monoisotopic (exact) mass is 301 g/mol. The van der Waals surface area contributed by atoms with Gasteiger partial charge in [0.15, 0.2) is 0 Å². The van der Waals surface area contributed by atoms with E-state index in [1.807, 2.05) is 0 Å². The molecule has 106 valence electrons. The van der Waals surface area contributed by atoms with Crippen LogP contribution in [0.4, 0.5) is 0 Å². The van der Waals surface area contributed by atoms with Crippen LogP contribution in [0.5, 0.6) is 0 Å². The Kier molecular flexibility index (Phi) is 4.87. The number of hydrogen-bond acceptors (Lipinski definition) is 2. The van der Waals surface area contributed by atoms with Crippen LogP contribution in [0.2, 0.25) is 5.02 Å². The van der Waals surface area contributed by atoms with E-state index >= 15 is 0 Å². The molecule has 3 nitrogen and oxygen atoms in total. The van der Waals surface area contributed by atoms with E-state index in [4.69, 9.17) is 11.6 Å². The van der Waals surface area contributed by atoms with Gasteiger partial charge in [0, 0.05) is 11.1 Å². The van der Waals surface area contributed by atoms with Crippen LogP contribution in [0.15, 0.2) is 29.2 Å². The van der Waals surface area contributed by atoms with Gasteiger partial charge in [-0.05, 0) is 55.9 Å². The summed E-state index contributed by atoms with van der Waals surface area (Å²) in [5.41, 5.74) is 0. The topological polar surface area (TPSA) is 46.2 Å². The molecule has 1 fully saturated rings. The molecule has 0 amide bonds. The zero-order valence-corrected chi connectivity index (χ0v) is 12.7. The number of benzene rings is 1. The lowest BCUT2D eigenvalue weighted by Crippen LogP contribution is -2.37. The Morgan fingerprint density at radius 2 is 1.74 bits per heavy atom. The van der Waals surface area contributed by atoms with Gasteiger partial charge in [-0.1, -0.05) is 24.9 Å². The van der Waals surface area contributed by atoms with Crippen molar-refractivity contribution >= 4 is 21.6 Å². The molecule has 0 bridgehead atoms. The second-order valence-corrected chi connectivity index (χ2v) is 7.35. The minimum Gasteiger partial charge on any atom is -0.208 e. The summed E-state index contributed by atoms with van der Waals surface area (Å²) in [6.07, 6.45) is 5.29. The highest BCUT2D eigenvalue weighted by molar-refractivity contribution is 7.89. The largest absolute Gasteiger partial charge is 0.240 e. The molecule has 0 heterocycles. The zero-order valence-electron chi connectivity index (χ0n) is 11.1. The molecule has 1 aromatic rings. The zero-order chi connectivity index (χ0) is 13.9. The molecule has 1 aromatic carbocycles. The maximum absolute atomic E-state index is 12.2. The third kappa shape index (κ3) is 3.94. The average Bonchev–Trinajstić information content (AvgIpc) is 2.40. The summed E-state index contributed by atoms with van der Waals surface area (Å²) >= 11 is 5.77. The summed E-state index contributed by atoms with van der Waals surface area (Å²) in [6, 6.07) is 6.36. The fourth-order valence-electron chi connectivity index (χ4n) is 2.59. The Balaban J connectivity index is 2.00. The molecule has 5 heteroatoms. The van der Waals surface area contributed by atoms with E-state index < -0.39 is 10.0 Å². The van der Waals surface area contributed by atoms with Crippen LogP contribution < -0.4 is 4.72 Å². The quantitative estimate of drug-likeness (QED) is 0.924. The molecular weight excluding hydrogens is 282 g/mol. The fraction of sp³-hybridized carbons (Fsp3) is 0.571. The Labute approximate surface area is 120 Å². The van der Waals surface area contributed by atoms with E-state index in [0.717, 1.165) is 31.6 Å². The fourth-order valence-corrected chi connectivity index (χ4v) is 4.02. The first-order chi connectivity index (χ1) is 9.01. The van der Waals surface area contributed by atoms with Crippen LogP contribution in [0.1, 0.15) is 39.0 Å². The first-order valence-electron chi connectivity index (χ1n) is 6.79. The number of nitrogens with one attached hydrogen (secondary N) is 1. The molecule has 0 spiro atoms. The van der Waals surface area contributed by atoms with E-state index in [1.165, 1.54) is 6.42 Å². The minimum atomic E-state index is -3.41. The van der Waals surface area contributed by atoms with Crippen molar-refractivity contribution in [3.05, 3.63) is 29.3 Å². The second-order valence-electron chi connectivity index (χ2n) is 5.20. The van der Waals surface area contributed by atoms with Gasteiger partial charge in [-0.3, -0.25) is 0 Å². The lowest BCUT2D eigenvalue weighted by molar-refractivity contribution is 0.306. The summed E-state index contributed by atoms with van der Waals surface area (Å²) in [5, 5.41) is 0.544. The smallest absolute Gasteiger partial charge is 0.208 e. The van der Waals surface area contributed by atoms with E-state index in [9.17, 15) is 8.42 Å². The van der Waals surface area contributed by atoms with Crippen molar-refractivity contribution < 1.29 is 8.42 Å². The predicted octanol–water partition coefficient (Wildman–Crippen LogP) is 3.59. The Morgan fingerprint density at radius 1 is 1.16 bits per heavy atom.